The molecule has 5 rings (SSSR count). The summed E-state index contributed by atoms with van der Waals surface area (Å²) in [5.74, 6) is 0.441. The van der Waals surface area contributed by atoms with Gasteiger partial charge in [0, 0.05) is 48.4 Å². The fraction of sp³-hybridized carbons (Fsp3) is 0.558. The van der Waals surface area contributed by atoms with Gasteiger partial charge in [0.2, 0.25) is 10.0 Å². The Balaban J connectivity index is 0.00000845. The first-order valence-electron chi connectivity index (χ1n) is 20.6. The SMILES string of the molecule is CCN(CCCCNC(=O)NCC(O)C(O)C(O)C(O)CO)S(=O)(=O)c1ccc(Cl)c(COC2(c3c[n+](COC(=O)C(C)(C)C)ccc3-c3ccccc3OC3CC3)CC2)c1.[Cl-]. The van der Waals surface area contributed by atoms with Gasteiger partial charge < -0.3 is 62.8 Å². The van der Waals surface area contributed by atoms with Crippen LogP contribution < -0.4 is 32.3 Å². The lowest BCUT2D eigenvalue weighted by molar-refractivity contribution is -0.728. The van der Waals surface area contributed by atoms with Crippen molar-refractivity contribution >= 4 is 33.6 Å². The van der Waals surface area contributed by atoms with Gasteiger partial charge in [0.15, 0.2) is 12.4 Å². The fourth-order valence-electron chi connectivity index (χ4n) is 6.52. The number of rotatable bonds is 23. The number of para-hydroxylation sites is 1. The second-order valence-electron chi connectivity index (χ2n) is 16.6. The molecule has 1 aromatic heterocycles. The van der Waals surface area contributed by atoms with E-state index in [2.05, 4.69) is 10.6 Å². The lowest BCUT2D eigenvalue weighted by Gasteiger charge is -2.25. The van der Waals surface area contributed by atoms with Gasteiger partial charge in [0.25, 0.3) is 6.73 Å². The van der Waals surface area contributed by atoms with Crippen LogP contribution in [0.4, 0.5) is 4.79 Å². The van der Waals surface area contributed by atoms with Crippen LogP contribution >= 0.6 is 11.6 Å². The van der Waals surface area contributed by atoms with Crippen LogP contribution in [0, 0.1) is 5.41 Å². The van der Waals surface area contributed by atoms with Crippen molar-refractivity contribution in [2.24, 2.45) is 5.41 Å². The number of aromatic nitrogens is 1. The second kappa shape index (κ2) is 22.3. The maximum Gasteiger partial charge on any atom is 0.316 e. The average Bonchev–Trinajstić information content (AvgIpc) is 4.19. The average molecular weight is 928 g/mol. The first kappa shape index (κ1) is 51.0. The molecule has 0 bridgehead atoms. The number of ether oxygens (including phenoxy) is 3. The van der Waals surface area contributed by atoms with E-state index in [0.717, 1.165) is 35.3 Å². The minimum Gasteiger partial charge on any atom is -1.00 e. The number of amides is 2. The summed E-state index contributed by atoms with van der Waals surface area (Å²) >= 11 is 6.67. The van der Waals surface area contributed by atoms with Gasteiger partial charge in [-0.25, -0.2) is 13.2 Å². The van der Waals surface area contributed by atoms with Crippen molar-refractivity contribution in [3.8, 4) is 16.9 Å². The molecule has 0 radical (unpaired) electrons. The first-order valence-corrected chi connectivity index (χ1v) is 22.5. The topological polar surface area (TPSA) is 228 Å². The van der Waals surface area contributed by atoms with E-state index in [0.29, 0.717) is 36.3 Å². The number of hydrogen-bond donors (Lipinski definition) is 7. The Kier molecular flexibility index (Phi) is 18.4. The van der Waals surface area contributed by atoms with Gasteiger partial charge in [-0.05, 0) is 89.1 Å². The maximum atomic E-state index is 13.9. The largest absolute Gasteiger partial charge is 1.00 e. The summed E-state index contributed by atoms with van der Waals surface area (Å²) in [6.07, 6.45) is 1.32. The van der Waals surface area contributed by atoms with E-state index < -0.39 is 64.6 Å². The molecule has 344 valence electrons. The summed E-state index contributed by atoms with van der Waals surface area (Å²) in [5, 5.41) is 53.3. The molecule has 2 aliphatic rings. The molecule has 16 nitrogen and oxygen atoms in total. The van der Waals surface area contributed by atoms with Gasteiger partial charge >= 0.3 is 12.0 Å². The molecule has 3 aromatic rings. The van der Waals surface area contributed by atoms with Crippen LogP contribution in [-0.2, 0) is 43.2 Å². The minimum absolute atomic E-state index is 0. The van der Waals surface area contributed by atoms with Crippen LogP contribution in [0.25, 0.3) is 11.1 Å². The lowest BCUT2D eigenvalue weighted by Crippen LogP contribution is -3.00. The van der Waals surface area contributed by atoms with E-state index in [9.17, 15) is 38.4 Å². The van der Waals surface area contributed by atoms with Gasteiger partial charge in [-0.3, -0.25) is 4.79 Å². The third kappa shape index (κ3) is 13.5. The van der Waals surface area contributed by atoms with Crippen LogP contribution in [0.2, 0.25) is 5.02 Å². The lowest BCUT2D eigenvalue weighted by atomic mass is 9.96. The first-order chi connectivity index (χ1) is 28.9. The molecule has 2 aliphatic carbocycles. The van der Waals surface area contributed by atoms with Crippen molar-refractivity contribution in [1.29, 1.82) is 0 Å². The van der Waals surface area contributed by atoms with E-state index in [1.807, 2.05) is 47.3 Å². The molecule has 2 amide bonds. The molecule has 0 aliphatic heterocycles. The van der Waals surface area contributed by atoms with Gasteiger partial charge in [-0.1, -0.05) is 36.7 Å². The second-order valence-corrected chi connectivity index (χ2v) is 18.9. The number of unbranched alkanes of at least 4 members (excludes halogenated alkanes) is 1. The smallest absolute Gasteiger partial charge is 0.316 e. The summed E-state index contributed by atoms with van der Waals surface area (Å²) in [6, 6.07) is 13.7. The third-order valence-corrected chi connectivity index (χ3v) is 12.9. The molecule has 7 N–H and O–H groups in total. The number of sulfonamides is 1. The third-order valence-electron chi connectivity index (χ3n) is 10.6. The van der Waals surface area contributed by atoms with E-state index in [-0.39, 0.29) is 62.3 Å². The van der Waals surface area contributed by atoms with Crippen LogP contribution in [0.1, 0.15) is 77.3 Å². The standard InChI is InChI=1S/C43H59ClN4O12S.ClH/c1-5-48(20-9-8-19-45-41(55)46-23-35(50)38(52)39(53)36(51)25-49)61(56,57)30-14-15-34(44)28(22-30)26-59-43(17-18-43)33-24-47(27-58-40(54)42(2,3)4)21-16-31(33)32-10-6-7-11-37(32)60-29-12-13-29;/h6-7,10-11,14-16,21-22,24,29,35-36,38-39,49-53H,5,8-9,12-13,17-20,23,25-27H2,1-4H3,(H-,45,46,55);1H. The highest BCUT2D eigenvalue weighted by Crippen LogP contribution is 2.53. The number of halogens is 2. The van der Waals surface area contributed by atoms with Crippen molar-refractivity contribution in [3.05, 3.63) is 77.1 Å². The van der Waals surface area contributed by atoms with Crippen LogP contribution in [0.3, 0.4) is 0 Å². The van der Waals surface area contributed by atoms with Crippen molar-refractivity contribution in [3.63, 3.8) is 0 Å². The molecule has 4 unspecified atom stereocenters. The Morgan fingerprint density at radius 3 is 2.32 bits per heavy atom. The minimum atomic E-state index is -3.95. The monoisotopic (exact) mass is 926 g/mol. The predicted molar refractivity (Wildman–Crippen MR) is 225 cm³/mol. The van der Waals surface area contributed by atoms with Gasteiger partial charge in [-0.15, -0.1) is 0 Å². The molecule has 1 heterocycles. The molecule has 4 atom stereocenters. The van der Waals surface area contributed by atoms with Crippen molar-refractivity contribution in [2.75, 3.05) is 32.8 Å². The number of nitrogens with one attached hydrogen (secondary N) is 2. The summed E-state index contributed by atoms with van der Waals surface area (Å²) in [4.78, 5) is 24.9. The van der Waals surface area contributed by atoms with Crippen molar-refractivity contribution in [2.45, 2.75) is 121 Å². The Labute approximate surface area is 374 Å². The molecule has 2 aromatic carbocycles. The van der Waals surface area contributed by atoms with Gasteiger partial charge in [0.05, 0.1) is 41.3 Å². The molecular formula is C43H60Cl2N4O12S. The number of pyridine rings is 1. The number of benzene rings is 2. The summed E-state index contributed by atoms with van der Waals surface area (Å²) < 4.78 is 49.6. The van der Waals surface area contributed by atoms with E-state index >= 15 is 0 Å². The Hall–Kier alpha value is -3.62. The molecular weight excluding hydrogens is 867 g/mol. The van der Waals surface area contributed by atoms with E-state index in [4.69, 9.17) is 30.9 Å². The van der Waals surface area contributed by atoms with Crippen LogP contribution in [0.15, 0.2) is 65.8 Å². The Morgan fingerprint density at radius 2 is 1.68 bits per heavy atom. The highest BCUT2D eigenvalue weighted by Gasteiger charge is 2.49. The Bertz CT molecular complexity index is 2080. The summed E-state index contributed by atoms with van der Waals surface area (Å²) in [6.45, 7) is 6.45. The Morgan fingerprint density at radius 1 is 0.984 bits per heavy atom. The number of aliphatic hydroxyl groups is 5. The van der Waals surface area contributed by atoms with Crippen molar-refractivity contribution < 1.29 is 74.7 Å². The zero-order valence-electron chi connectivity index (χ0n) is 35.5. The number of hydrogen-bond acceptors (Lipinski definition) is 12. The molecule has 19 heteroatoms. The zero-order chi connectivity index (χ0) is 44.5. The van der Waals surface area contributed by atoms with Gasteiger partial charge in [0.1, 0.15) is 29.7 Å². The zero-order valence-corrected chi connectivity index (χ0v) is 37.8. The normalized spacial score (nSPS) is 16.7. The number of nitrogens with zero attached hydrogens (tertiary/aromatic N) is 2. The van der Waals surface area contributed by atoms with E-state index in [1.165, 1.54) is 16.4 Å². The number of urea groups is 1. The number of aliphatic hydroxyl groups excluding tert-OH is 5. The number of carbonyl (C=O) groups is 2. The van der Waals surface area contributed by atoms with Crippen LogP contribution in [0.5, 0.6) is 5.75 Å². The predicted octanol–water partition coefficient (Wildman–Crippen LogP) is 0.118. The van der Waals surface area contributed by atoms with Gasteiger partial charge in [-0.2, -0.15) is 8.87 Å². The van der Waals surface area contributed by atoms with Crippen molar-refractivity contribution in [1.82, 2.24) is 14.9 Å². The highest BCUT2D eigenvalue weighted by molar-refractivity contribution is 7.89. The fourth-order valence-corrected chi connectivity index (χ4v) is 8.23. The quantitative estimate of drug-likeness (QED) is 0.0383. The maximum absolute atomic E-state index is 13.9. The van der Waals surface area contributed by atoms with E-state index in [1.54, 1.807) is 33.8 Å². The molecule has 0 saturated heterocycles. The molecule has 2 fully saturated rings. The summed E-state index contributed by atoms with van der Waals surface area (Å²) in [5.41, 5.74) is 1.80. The summed E-state index contributed by atoms with van der Waals surface area (Å²) in [7, 11) is -3.95. The number of carbonyl (C=O) groups excluding carboxylic acids is 2. The molecule has 62 heavy (non-hydrogen) atoms. The molecule has 0 spiro atoms. The van der Waals surface area contributed by atoms with Crippen LogP contribution in [-0.4, -0.2) is 114 Å². The number of esters is 1. The molecule has 2 saturated carbocycles. The highest BCUT2D eigenvalue weighted by atomic mass is 35.5.